The van der Waals surface area contributed by atoms with E-state index in [4.69, 9.17) is 11.6 Å². The lowest BCUT2D eigenvalue weighted by atomic mass is 10.1. The average Bonchev–Trinajstić information content (AvgIpc) is 2.16. The van der Waals surface area contributed by atoms with Crippen molar-refractivity contribution in [2.75, 3.05) is 0 Å². The van der Waals surface area contributed by atoms with Crippen molar-refractivity contribution in [2.45, 2.75) is 6.92 Å². The van der Waals surface area contributed by atoms with Crippen LogP contribution in [0.5, 0.6) is 0 Å². The molecule has 3 nitrogen and oxygen atoms in total. The van der Waals surface area contributed by atoms with Gasteiger partial charge in [-0.15, -0.1) is 5.10 Å². The molecule has 0 aliphatic heterocycles. The first-order valence-corrected chi connectivity index (χ1v) is 4.48. The van der Waals surface area contributed by atoms with E-state index in [-0.39, 0.29) is 5.78 Å². The minimum Gasteiger partial charge on any atom is -0.293 e. The van der Waals surface area contributed by atoms with E-state index in [0.717, 1.165) is 10.8 Å². The molecule has 14 heavy (non-hydrogen) atoms. The lowest BCUT2D eigenvalue weighted by Crippen LogP contribution is -1.99. The molecule has 4 heteroatoms. The van der Waals surface area contributed by atoms with Gasteiger partial charge in [0, 0.05) is 22.7 Å². The summed E-state index contributed by atoms with van der Waals surface area (Å²) in [6.07, 6.45) is 1.59. The highest BCUT2D eigenvalue weighted by molar-refractivity contribution is 6.31. The number of rotatable bonds is 1. The van der Waals surface area contributed by atoms with E-state index in [2.05, 4.69) is 10.2 Å². The predicted octanol–water partition coefficient (Wildman–Crippen LogP) is 2.49. The summed E-state index contributed by atoms with van der Waals surface area (Å²) in [7, 11) is 0. The van der Waals surface area contributed by atoms with Crippen LogP contribution in [0.1, 0.15) is 17.4 Å². The Morgan fingerprint density at radius 3 is 2.93 bits per heavy atom. The van der Waals surface area contributed by atoms with Gasteiger partial charge in [0.25, 0.3) is 0 Å². The van der Waals surface area contributed by atoms with Gasteiger partial charge >= 0.3 is 0 Å². The quantitative estimate of drug-likeness (QED) is 0.674. The summed E-state index contributed by atoms with van der Waals surface area (Å²) in [5, 5.41) is 9.78. The summed E-state index contributed by atoms with van der Waals surface area (Å²) in [5.74, 6) is -0.0922. The zero-order chi connectivity index (χ0) is 10.1. The molecule has 0 aliphatic carbocycles. The third-order valence-corrected chi connectivity index (χ3v) is 2.19. The predicted molar refractivity (Wildman–Crippen MR) is 54.6 cm³/mol. The summed E-state index contributed by atoms with van der Waals surface area (Å²) >= 11 is 5.82. The van der Waals surface area contributed by atoms with Crippen LogP contribution in [-0.4, -0.2) is 16.0 Å². The van der Waals surface area contributed by atoms with Gasteiger partial charge in [-0.05, 0) is 12.1 Å². The van der Waals surface area contributed by atoms with Gasteiger partial charge in [0.2, 0.25) is 0 Å². The number of Topliss-reactive ketones (excluding diaryl/α,β-unsaturated/α-hetero) is 1. The topological polar surface area (TPSA) is 42.9 Å². The molecule has 1 heterocycles. The Balaban J connectivity index is 2.81. The molecular weight excluding hydrogens is 200 g/mol. The van der Waals surface area contributed by atoms with Crippen LogP contribution in [-0.2, 0) is 0 Å². The van der Waals surface area contributed by atoms with Crippen LogP contribution in [0.4, 0.5) is 0 Å². The van der Waals surface area contributed by atoms with Gasteiger partial charge < -0.3 is 0 Å². The van der Waals surface area contributed by atoms with E-state index >= 15 is 0 Å². The lowest BCUT2D eigenvalue weighted by molar-refractivity contribution is 0.101. The summed E-state index contributed by atoms with van der Waals surface area (Å²) < 4.78 is 0. The van der Waals surface area contributed by atoms with E-state index in [9.17, 15) is 4.79 Å². The van der Waals surface area contributed by atoms with E-state index in [1.54, 1.807) is 24.4 Å². The molecule has 70 valence electrons. The van der Waals surface area contributed by atoms with Crippen molar-refractivity contribution in [3.63, 3.8) is 0 Å². The first-order chi connectivity index (χ1) is 6.68. The monoisotopic (exact) mass is 206 g/mol. The van der Waals surface area contributed by atoms with Gasteiger partial charge in [0.05, 0.1) is 6.20 Å². The highest BCUT2D eigenvalue weighted by Crippen LogP contribution is 2.20. The van der Waals surface area contributed by atoms with Gasteiger partial charge in [0.15, 0.2) is 5.78 Å². The smallest absolute Gasteiger partial charge is 0.180 e. The molecule has 0 bridgehead atoms. The maximum atomic E-state index is 11.2. The van der Waals surface area contributed by atoms with Crippen molar-refractivity contribution in [3.05, 3.63) is 35.1 Å². The SMILES string of the molecule is CC(=O)c1nncc2cc(Cl)ccc12. The van der Waals surface area contributed by atoms with Crippen LogP contribution >= 0.6 is 11.6 Å². The second-order valence-electron chi connectivity index (χ2n) is 2.98. The Labute approximate surface area is 85.7 Å². The summed E-state index contributed by atoms with van der Waals surface area (Å²) in [6.45, 7) is 1.47. The fourth-order valence-corrected chi connectivity index (χ4v) is 1.50. The highest BCUT2D eigenvalue weighted by atomic mass is 35.5. The Kier molecular flexibility index (Phi) is 2.17. The summed E-state index contributed by atoms with van der Waals surface area (Å²) in [5.41, 5.74) is 0.388. The van der Waals surface area contributed by atoms with Crippen LogP contribution in [0.15, 0.2) is 24.4 Å². The molecule has 0 N–H and O–H groups in total. The Bertz CT molecular complexity index is 510. The van der Waals surface area contributed by atoms with E-state index in [1.165, 1.54) is 6.92 Å². The number of carbonyl (C=O) groups is 1. The number of hydrogen-bond acceptors (Lipinski definition) is 3. The molecule has 2 aromatic rings. The van der Waals surface area contributed by atoms with Crippen LogP contribution < -0.4 is 0 Å². The number of nitrogens with zero attached hydrogens (tertiary/aromatic N) is 2. The maximum Gasteiger partial charge on any atom is 0.180 e. The third kappa shape index (κ3) is 1.46. The molecule has 2 rings (SSSR count). The number of ketones is 1. The van der Waals surface area contributed by atoms with E-state index in [0.29, 0.717) is 10.7 Å². The van der Waals surface area contributed by atoms with Gasteiger partial charge in [-0.1, -0.05) is 17.7 Å². The van der Waals surface area contributed by atoms with Crippen LogP contribution in [0.2, 0.25) is 5.02 Å². The fourth-order valence-electron chi connectivity index (χ4n) is 1.32. The molecule has 0 fully saturated rings. The number of fused-ring (bicyclic) bond motifs is 1. The standard InChI is InChI=1S/C10H7ClN2O/c1-6(14)10-9-3-2-8(11)4-7(9)5-12-13-10/h2-5H,1H3. The number of carbonyl (C=O) groups excluding carboxylic acids is 1. The van der Waals surface area contributed by atoms with Crippen molar-refractivity contribution < 1.29 is 4.79 Å². The second-order valence-corrected chi connectivity index (χ2v) is 3.42. The van der Waals surface area contributed by atoms with Crippen LogP contribution in [0.3, 0.4) is 0 Å². The fraction of sp³-hybridized carbons (Fsp3) is 0.100. The minimum absolute atomic E-state index is 0.0922. The van der Waals surface area contributed by atoms with Crippen molar-refractivity contribution in [1.29, 1.82) is 0 Å². The molecule has 0 spiro atoms. The molecule has 0 unspecified atom stereocenters. The Morgan fingerprint density at radius 1 is 1.43 bits per heavy atom. The zero-order valence-electron chi connectivity index (χ0n) is 7.49. The second kappa shape index (κ2) is 3.35. The zero-order valence-corrected chi connectivity index (χ0v) is 8.25. The first-order valence-electron chi connectivity index (χ1n) is 4.10. The molecule has 0 radical (unpaired) electrons. The largest absolute Gasteiger partial charge is 0.293 e. The Morgan fingerprint density at radius 2 is 2.21 bits per heavy atom. The average molecular weight is 207 g/mol. The summed E-state index contributed by atoms with van der Waals surface area (Å²) in [4.78, 5) is 11.2. The lowest BCUT2D eigenvalue weighted by Gasteiger charge is -2.00. The van der Waals surface area contributed by atoms with Crippen LogP contribution in [0, 0.1) is 0 Å². The van der Waals surface area contributed by atoms with Crippen molar-refractivity contribution in [1.82, 2.24) is 10.2 Å². The minimum atomic E-state index is -0.0922. The third-order valence-electron chi connectivity index (χ3n) is 1.96. The molecule has 0 saturated heterocycles. The van der Waals surface area contributed by atoms with Gasteiger partial charge in [-0.3, -0.25) is 4.79 Å². The van der Waals surface area contributed by atoms with Gasteiger partial charge in [0.1, 0.15) is 5.69 Å². The van der Waals surface area contributed by atoms with Crippen LogP contribution in [0.25, 0.3) is 10.8 Å². The highest BCUT2D eigenvalue weighted by Gasteiger charge is 2.07. The number of halogens is 1. The Hall–Kier alpha value is -1.48. The van der Waals surface area contributed by atoms with E-state index < -0.39 is 0 Å². The number of aromatic nitrogens is 2. The molecule has 1 aromatic heterocycles. The number of benzene rings is 1. The summed E-state index contributed by atoms with van der Waals surface area (Å²) in [6, 6.07) is 5.28. The molecule has 0 amide bonds. The van der Waals surface area contributed by atoms with E-state index in [1.807, 2.05) is 0 Å². The van der Waals surface area contributed by atoms with Gasteiger partial charge in [-0.2, -0.15) is 5.10 Å². The van der Waals surface area contributed by atoms with Crippen molar-refractivity contribution >= 4 is 28.2 Å². The molecular formula is C10H7ClN2O. The molecule has 1 aromatic carbocycles. The van der Waals surface area contributed by atoms with Crippen molar-refractivity contribution in [2.24, 2.45) is 0 Å². The van der Waals surface area contributed by atoms with Crippen molar-refractivity contribution in [3.8, 4) is 0 Å². The number of hydrogen-bond donors (Lipinski definition) is 0. The maximum absolute atomic E-state index is 11.2. The normalized spacial score (nSPS) is 10.4. The van der Waals surface area contributed by atoms with Gasteiger partial charge in [-0.25, -0.2) is 0 Å². The molecule has 0 atom stereocenters. The molecule has 0 aliphatic rings. The first kappa shape index (κ1) is 9.09. The molecule has 0 saturated carbocycles.